The predicted molar refractivity (Wildman–Crippen MR) is 101 cm³/mol. The van der Waals surface area contributed by atoms with Gasteiger partial charge in [0, 0.05) is 48.8 Å². The van der Waals surface area contributed by atoms with Crippen LogP contribution in [0.4, 0.5) is 10.5 Å². The molecule has 4 nitrogen and oxygen atoms in total. The summed E-state index contributed by atoms with van der Waals surface area (Å²) in [6.45, 7) is 3.14. The highest BCUT2D eigenvalue weighted by molar-refractivity contribution is 6.30. The van der Waals surface area contributed by atoms with Gasteiger partial charge in [0.25, 0.3) is 0 Å². The summed E-state index contributed by atoms with van der Waals surface area (Å²) >= 11 is 6.07. The number of benzene rings is 2. The number of anilines is 1. The van der Waals surface area contributed by atoms with Gasteiger partial charge in [-0.25, -0.2) is 4.79 Å². The Morgan fingerprint density at radius 1 is 1.00 bits per heavy atom. The van der Waals surface area contributed by atoms with E-state index >= 15 is 0 Å². The van der Waals surface area contributed by atoms with Gasteiger partial charge in [-0.05, 0) is 30.2 Å². The zero-order chi connectivity index (χ0) is 17.2. The van der Waals surface area contributed by atoms with Crippen LogP contribution in [-0.4, -0.2) is 43.2 Å². The maximum Gasteiger partial charge on any atom is 0.317 e. The van der Waals surface area contributed by atoms with Gasteiger partial charge in [0.05, 0.1) is 0 Å². The monoisotopic (exact) mass is 355 g/mol. The van der Waals surface area contributed by atoms with Crippen LogP contribution in [0.2, 0.25) is 5.02 Å². The van der Waals surface area contributed by atoms with Crippen LogP contribution < -0.4 is 10.2 Å². The Bertz CT molecular complexity index is 744. The van der Waals surface area contributed by atoms with Gasteiger partial charge < -0.3 is 15.1 Å². The lowest BCUT2D eigenvalue weighted by molar-refractivity contribution is 0.193. The summed E-state index contributed by atoms with van der Waals surface area (Å²) < 4.78 is 0. The van der Waals surface area contributed by atoms with Gasteiger partial charge in [0.2, 0.25) is 0 Å². The van der Waals surface area contributed by atoms with E-state index in [-0.39, 0.29) is 12.1 Å². The van der Waals surface area contributed by atoms with E-state index in [9.17, 15) is 4.79 Å². The standard InChI is InChI=1S/C20H22ClN3O/c21-16-7-4-8-17(13-16)23-9-11-24(12-10-23)20(25)22-19-14-18(19)15-5-2-1-3-6-15/h1-8,13,18-19H,9-12,14H2,(H,22,25). The first-order valence-electron chi connectivity index (χ1n) is 8.81. The molecule has 130 valence electrons. The van der Waals surface area contributed by atoms with Gasteiger partial charge >= 0.3 is 6.03 Å². The average Bonchev–Trinajstić information content (AvgIpc) is 3.42. The summed E-state index contributed by atoms with van der Waals surface area (Å²) in [6, 6.07) is 18.7. The van der Waals surface area contributed by atoms with E-state index in [4.69, 9.17) is 11.6 Å². The second kappa shape index (κ2) is 6.96. The van der Waals surface area contributed by atoms with Crippen LogP contribution in [0.3, 0.4) is 0 Å². The number of carbonyl (C=O) groups is 1. The van der Waals surface area contributed by atoms with Crippen molar-refractivity contribution in [2.45, 2.75) is 18.4 Å². The number of nitrogens with one attached hydrogen (secondary N) is 1. The van der Waals surface area contributed by atoms with Crippen molar-refractivity contribution in [1.29, 1.82) is 0 Å². The van der Waals surface area contributed by atoms with Crippen LogP contribution in [0.25, 0.3) is 0 Å². The Kier molecular flexibility index (Phi) is 4.53. The van der Waals surface area contributed by atoms with Crippen molar-refractivity contribution in [1.82, 2.24) is 10.2 Å². The van der Waals surface area contributed by atoms with Crippen LogP contribution in [0.5, 0.6) is 0 Å². The van der Waals surface area contributed by atoms with Gasteiger partial charge in [-0.2, -0.15) is 0 Å². The summed E-state index contributed by atoms with van der Waals surface area (Å²) in [5, 5.41) is 3.93. The molecule has 1 N–H and O–H groups in total. The third-order valence-corrected chi connectivity index (χ3v) is 5.30. The van der Waals surface area contributed by atoms with E-state index in [1.807, 2.05) is 29.2 Å². The molecular formula is C20H22ClN3O. The molecule has 2 aromatic carbocycles. The molecule has 2 aliphatic rings. The molecule has 4 rings (SSSR count). The fourth-order valence-electron chi connectivity index (χ4n) is 3.51. The number of piperazine rings is 1. The van der Waals surface area contributed by atoms with Gasteiger partial charge in [-0.3, -0.25) is 0 Å². The largest absolute Gasteiger partial charge is 0.368 e. The predicted octanol–water partition coefficient (Wildman–Crippen LogP) is 3.73. The number of hydrogen-bond donors (Lipinski definition) is 1. The van der Waals surface area contributed by atoms with E-state index in [1.54, 1.807) is 0 Å². The second-order valence-corrected chi connectivity index (χ2v) is 7.20. The molecule has 2 aromatic rings. The first-order valence-corrected chi connectivity index (χ1v) is 9.19. The molecular weight excluding hydrogens is 334 g/mol. The van der Waals surface area contributed by atoms with Gasteiger partial charge in [-0.1, -0.05) is 48.0 Å². The minimum atomic E-state index is 0.0641. The fraction of sp³-hybridized carbons (Fsp3) is 0.350. The Morgan fingerprint density at radius 2 is 1.76 bits per heavy atom. The number of hydrogen-bond acceptors (Lipinski definition) is 2. The lowest BCUT2D eigenvalue weighted by atomic mass is 10.1. The van der Waals surface area contributed by atoms with Crippen LogP contribution in [0, 0.1) is 0 Å². The summed E-state index contributed by atoms with van der Waals surface area (Å²) in [5.41, 5.74) is 2.44. The minimum absolute atomic E-state index is 0.0641. The fourth-order valence-corrected chi connectivity index (χ4v) is 3.70. The molecule has 2 atom stereocenters. The lowest BCUT2D eigenvalue weighted by Gasteiger charge is -2.36. The molecule has 25 heavy (non-hydrogen) atoms. The molecule has 2 amide bonds. The highest BCUT2D eigenvalue weighted by atomic mass is 35.5. The van der Waals surface area contributed by atoms with E-state index in [0.717, 1.165) is 43.3 Å². The maximum absolute atomic E-state index is 12.5. The first kappa shape index (κ1) is 16.3. The van der Waals surface area contributed by atoms with E-state index in [2.05, 4.69) is 40.5 Å². The molecule has 0 aromatic heterocycles. The highest BCUT2D eigenvalue weighted by Gasteiger charge is 2.40. The number of halogens is 1. The molecule has 5 heteroatoms. The molecule has 1 saturated heterocycles. The van der Waals surface area contributed by atoms with Crippen molar-refractivity contribution in [2.75, 3.05) is 31.1 Å². The summed E-state index contributed by atoms with van der Waals surface area (Å²) in [4.78, 5) is 16.7. The van der Waals surface area contributed by atoms with Gasteiger partial charge in [0.15, 0.2) is 0 Å². The van der Waals surface area contributed by atoms with E-state index < -0.39 is 0 Å². The number of amides is 2. The zero-order valence-electron chi connectivity index (χ0n) is 14.1. The molecule has 0 radical (unpaired) electrons. The minimum Gasteiger partial charge on any atom is -0.368 e. The summed E-state index contributed by atoms with van der Waals surface area (Å²) in [7, 11) is 0. The van der Waals surface area contributed by atoms with Crippen molar-refractivity contribution in [3.63, 3.8) is 0 Å². The molecule has 2 unspecified atom stereocenters. The summed E-state index contributed by atoms with van der Waals surface area (Å²) in [6.07, 6.45) is 1.04. The van der Waals surface area contributed by atoms with Crippen molar-refractivity contribution >= 4 is 23.3 Å². The van der Waals surface area contributed by atoms with Crippen molar-refractivity contribution < 1.29 is 4.79 Å². The molecule has 1 saturated carbocycles. The second-order valence-electron chi connectivity index (χ2n) is 6.76. The SMILES string of the molecule is O=C(NC1CC1c1ccccc1)N1CCN(c2cccc(Cl)c2)CC1. The topological polar surface area (TPSA) is 35.6 Å². The van der Waals surface area contributed by atoms with E-state index in [1.165, 1.54) is 5.56 Å². The van der Waals surface area contributed by atoms with Gasteiger partial charge in [0.1, 0.15) is 0 Å². The average molecular weight is 356 g/mol. The third kappa shape index (κ3) is 3.74. The Morgan fingerprint density at radius 3 is 2.48 bits per heavy atom. The van der Waals surface area contributed by atoms with E-state index in [0.29, 0.717) is 5.92 Å². The van der Waals surface area contributed by atoms with Crippen LogP contribution in [0.1, 0.15) is 17.9 Å². The zero-order valence-corrected chi connectivity index (χ0v) is 14.8. The van der Waals surface area contributed by atoms with Gasteiger partial charge in [-0.15, -0.1) is 0 Å². The third-order valence-electron chi connectivity index (χ3n) is 5.07. The molecule has 1 heterocycles. The number of urea groups is 1. The van der Waals surface area contributed by atoms with Crippen molar-refractivity contribution in [2.24, 2.45) is 0 Å². The Hall–Kier alpha value is -2.20. The van der Waals surface area contributed by atoms with Crippen LogP contribution >= 0.6 is 11.6 Å². The number of carbonyl (C=O) groups excluding carboxylic acids is 1. The quantitative estimate of drug-likeness (QED) is 0.910. The summed E-state index contributed by atoms with van der Waals surface area (Å²) in [5.74, 6) is 0.470. The molecule has 2 fully saturated rings. The number of rotatable bonds is 3. The van der Waals surface area contributed by atoms with Crippen molar-refractivity contribution in [3.05, 3.63) is 65.2 Å². The number of nitrogens with zero attached hydrogens (tertiary/aromatic N) is 2. The highest BCUT2D eigenvalue weighted by Crippen LogP contribution is 2.40. The van der Waals surface area contributed by atoms with Crippen molar-refractivity contribution in [3.8, 4) is 0 Å². The van der Waals surface area contributed by atoms with Crippen LogP contribution in [0.15, 0.2) is 54.6 Å². The lowest BCUT2D eigenvalue weighted by Crippen LogP contribution is -2.52. The first-order chi connectivity index (χ1) is 12.2. The maximum atomic E-state index is 12.5. The Balaban J connectivity index is 1.28. The molecule has 0 bridgehead atoms. The normalized spacial score (nSPS) is 22.6. The van der Waals surface area contributed by atoms with Crippen LogP contribution in [-0.2, 0) is 0 Å². The molecule has 1 aliphatic heterocycles. The molecule has 0 spiro atoms. The smallest absolute Gasteiger partial charge is 0.317 e. The Labute approximate surface area is 153 Å². The molecule has 1 aliphatic carbocycles.